The van der Waals surface area contributed by atoms with Gasteiger partial charge in [-0.1, -0.05) is 154 Å². The van der Waals surface area contributed by atoms with Gasteiger partial charge in [0.15, 0.2) is 0 Å². The molecule has 1 saturated carbocycles. The van der Waals surface area contributed by atoms with Crippen LogP contribution in [0.3, 0.4) is 0 Å². The first-order valence-corrected chi connectivity index (χ1v) is 31.1. The van der Waals surface area contributed by atoms with Gasteiger partial charge < -0.3 is 0 Å². The largest absolute Gasteiger partial charge is 3.00 e. The minimum absolute atomic E-state index is 0. The molecule has 0 N–H and O–H groups in total. The summed E-state index contributed by atoms with van der Waals surface area (Å²) in [5, 5.41) is 4.12. The molecule has 8 rings (SSSR count). The zero-order valence-corrected chi connectivity index (χ0v) is 53.1. The molecular weight excluding hydrogens is 1470 g/mol. The molecule has 0 heterocycles. The Morgan fingerprint density at radius 2 is 0.495 bits per heavy atom. The monoisotopic (exact) mass is 1530 g/mol. The maximum absolute atomic E-state index is 14.2. The topological polar surface area (TPSA) is 0 Å². The summed E-state index contributed by atoms with van der Waals surface area (Å²) in [5.41, 5.74) is -30.2. The third kappa shape index (κ3) is 19.6. The summed E-state index contributed by atoms with van der Waals surface area (Å²) >= 11 is 0. The maximum atomic E-state index is 14.2. The minimum Gasteiger partial charge on any atom is -0.194 e. The predicted octanol–water partition coefficient (Wildman–Crippen LogP) is 17.8. The van der Waals surface area contributed by atoms with Crippen LogP contribution >= 0.6 is 7.92 Å². The molecule has 7 aromatic rings. The van der Waals surface area contributed by atoms with E-state index in [1.165, 1.54) is 15.6 Å². The van der Waals surface area contributed by atoms with Crippen LogP contribution in [0.5, 0.6) is 0 Å². The van der Waals surface area contributed by atoms with Crippen molar-refractivity contribution in [3.8, 4) is 0 Å². The Labute approximate surface area is 525 Å². The average molecular weight is 1530 g/mol. The zero-order valence-electron chi connectivity index (χ0n) is 48.8. The molecule has 91 heavy (non-hydrogen) atoms. The Kier molecular flexibility index (Phi) is 25.0. The van der Waals surface area contributed by atoms with Gasteiger partial charge in [-0.05, 0) is 73.8 Å². The van der Waals surface area contributed by atoms with Crippen molar-refractivity contribution in [3.05, 3.63) is 208 Å². The fraction of sp³-hybridized carbons (Fsp3) is 0.333. The Morgan fingerprint density at radius 3 is 0.659 bits per heavy atom. The van der Waals surface area contributed by atoms with E-state index in [4.69, 9.17) is 0 Å². The summed E-state index contributed by atoms with van der Waals surface area (Å²) in [7, 11) is -0.553. The summed E-state index contributed by atoms with van der Waals surface area (Å²) in [4.78, 5) is 0. The summed E-state index contributed by atoms with van der Waals surface area (Å²) in [5.74, 6) is 4.68. The van der Waals surface area contributed by atoms with E-state index in [0.717, 1.165) is 29.6 Å². The van der Waals surface area contributed by atoms with Gasteiger partial charge in [0.1, 0.15) is 14.9 Å². The number of rotatable bonds is 7. The van der Waals surface area contributed by atoms with Crippen LogP contribution in [0.15, 0.2) is 158 Å². The third-order valence-corrected chi connectivity index (χ3v) is 18.4. The molecule has 28 heteroatoms. The Morgan fingerprint density at radius 1 is 0.308 bits per heavy atom. The fourth-order valence-corrected chi connectivity index (χ4v) is 13.2. The molecule has 1 aliphatic carbocycles. The molecule has 0 saturated heterocycles. The number of alkyl halides is 24. The van der Waals surface area contributed by atoms with Gasteiger partial charge >= 0.3 is 69.5 Å². The van der Waals surface area contributed by atoms with Crippen molar-refractivity contribution in [2.75, 3.05) is 20.0 Å². The van der Waals surface area contributed by atoms with E-state index in [2.05, 4.69) is 133 Å². The van der Waals surface area contributed by atoms with Gasteiger partial charge in [0, 0.05) is 0 Å². The first-order valence-electron chi connectivity index (χ1n) is 26.9. The van der Waals surface area contributed by atoms with Crippen molar-refractivity contribution in [2.45, 2.75) is 84.0 Å². The van der Waals surface area contributed by atoms with Crippen molar-refractivity contribution in [3.63, 3.8) is 0 Å². The molecule has 495 valence electrons. The van der Waals surface area contributed by atoms with Crippen LogP contribution in [0.2, 0.25) is 0 Å². The smallest absolute Gasteiger partial charge is 0.194 e. The molecule has 0 amide bonds. The van der Waals surface area contributed by atoms with Crippen molar-refractivity contribution in [1.82, 2.24) is 0 Å². The Hall–Kier alpha value is -5.78. The second kappa shape index (κ2) is 29.2. The molecule has 0 aliphatic heterocycles. The van der Waals surface area contributed by atoms with Crippen LogP contribution in [0.1, 0.15) is 79.1 Å². The van der Waals surface area contributed by atoms with E-state index in [0.29, 0.717) is 7.92 Å². The second-order valence-electron chi connectivity index (χ2n) is 22.2. The second-order valence-corrected chi connectivity index (χ2v) is 27.4. The number of hydrogen-bond donors (Lipinski definition) is 0. The average Bonchev–Trinajstić information content (AvgIpc) is 1.10. The van der Waals surface area contributed by atoms with Crippen LogP contribution in [0, 0.1) is 35.7 Å². The standard InChI is InChI=1S/C32H12BF24.C18H14Si.C10H20.C3H9P.Ir/c34-25(35,36)13-1-14(26(37,38)39)6-21(5-13)33(22-7-15(27(40,41)42)2-16(8-22)28(43,44)45,23-9-17(29(46,47)48)3-18(10-23)30(49,50)51)24-11-19(31(52,53)54)4-20(12-24)32(55,56)57;1-4-10-16(11-5-1)19(17-12-6-2-7-13-17)18-14-8-3-9-15-18;1-6-7(2)9(4)10(5)8(6)3;1-4(2)3;/h1-12H;1-14H;6-10H,1-5H3;1-3H3;/q2*-1;;;+3. The van der Waals surface area contributed by atoms with Gasteiger partial charge in [0.05, 0.1) is 44.5 Å². The van der Waals surface area contributed by atoms with Gasteiger partial charge in [0.25, 0.3) is 0 Å². The number of benzene rings is 7. The molecule has 1 fully saturated rings. The predicted molar refractivity (Wildman–Crippen MR) is 303 cm³/mol. The van der Waals surface area contributed by atoms with Crippen molar-refractivity contribution >= 4 is 60.3 Å². The van der Waals surface area contributed by atoms with Crippen molar-refractivity contribution < 1.29 is 125 Å². The molecule has 0 atom stereocenters. The molecule has 0 aromatic heterocycles. The van der Waals surface area contributed by atoms with Gasteiger partial charge in [-0.25, -0.2) is 0 Å². The van der Waals surface area contributed by atoms with Crippen molar-refractivity contribution in [1.29, 1.82) is 0 Å². The summed E-state index contributed by atoms with van der Waals surface area (Å²) < 4.78 is 341. The number of hydrogen-bond acceptors (Lipinski definition) is 0. The van der Waals surface area contributed by atoms with Crippen LogP contribution in [-0.4, -0.2) is 34.9 Å². The Bertz CT molecular complexity index is 2900. The SMILES string of the molecule is CC1C(C)C(C)C(C)C1C.CP(C)C.FC(F)(F)c1cc([B-](c2cc(C(F)(F)F)cc(C(F)(F)F)c2)(c2cc(C(F)(F)F)cc(C(F)(F)F)c2)c2cc(C(F)(F)F)cc(C(F)(F)F)c2)cc(C(F)(F)F)c1.[Ir+3].[c-]1ccccc1[Si](c1ccccc1)c1ccccc1. The molecular formula is C63H55BF24IrPSi+. The number of halogens is 24. The van der Waals surface area contributed by atoms with Gasteiger partial charge in [-0.3, -0.25) is 0 Å². The zero-order chi connectivity index (χ0) is 68.3. The normalized spacial score (nSPS) is 17.7. The quantitative estimate of drug-likeness (QED) is 0.0491. The first-order chi connectivity index (χ1) is 41.0. The van der Waals surface area contributed by atoms with E-state index in [-0.39, 0.29) is 20.1 Å². The minimum atomic E-state index is -6.13. The molecule has 0 bridgehead atoms. The van der Waals surface area contributed by atoms with Crippen LogP contribution in [0.25, 0.3) is 0 Å². The van der Waals surface area contributed by atoms with Crippen LogP contribution in [-0.2, 0) is 69.5 Å². The van der Waals surface area contributed by atoms with Crippen LogP contribution < -0.4 is 37.4 Å². The Balaban J connectivity index is 0.000000416. The van der Waals surface area contributed by atoms with Gasteiger partial charge in [-0.15, -0.1) is 7.92 Å². The van der Waals surface area contributed by atoms with Crippen LogP contribution in [0.4, 0.5) is 105 Å². The summed E-state index contributed by atoms with van der Waals surface area (Å²) in [6.45, 7) is 18.7. The fourth-order valence-electron chi connectivity index (χ4n) is 10.7. The third-order valence-electron chi connectivity index (χ3n) is 15.7. The molecule has 0 spiro atoms. The van der Waals surface area contributed by atoms with E-state index in [1.54, 1.807) is 0 Å². The summed E-state index contributed by atoms with van der Waals surface area (Å²) in [6.07, 6.45) is -54.8. The maximum Gasteiger partial charge on any atom is 3.00 e. The van der Waals surface area contributed by atoms with Crippen molar-refractivity contribution in [2.24, 2.45) is 29.6 Å². The van der Waals surface area contributed by atoms with Gasteiger partial charge in [0.2, 0.25) is 0 Å². The van der Waals surface area contributed by atoms with E-state index < -0.39 is 204 Å². The van der Waals surface area contributed by atoms with E-state index >= 15 is 0 Å². The van der Waals surface area contributed by atoms with Gasteiger partial charge in [-0.2, -0.15) is 163 Å². The van der Waals surface area contributed by atoms with E-state index in [1.807, 2.05) is 12.1 Å². The van der Waals surface area contributed by atoms with E-state index in [9.17, 15) is 105 Å². The molecule has 1 aliphatic rings. The molecule has 0 unspecified atom stereocenters. The molecule has 0 nitrogen and oxygen atoms in total. The molecule has 7 aromatic carbocycles. The first kappa shape index (κ1) is 77.7. The summed E-state index contributed by atoms with van der Waals surface area (Å²) in [6, 6.07) is 24.4. The molecule has 1 radical (unpaired) electrons.